The molecule has 1 saturated heterocycles. The number of rotatable bonds is 6. The van der Waals surface area contributed by atoms with Crippen LogP contribution in [0, 0.1) is 0 Å². The molecule has 0 spiro atoms. The van der Waals surface area contributed by atoms with Crippen molar-refractivity contribution in [3.05, 3.63) is 53.3 Å². The fraction of sp³-hybridized carbons (Fsp3) is 0.500. The number of guanidine groups is 1. The number of nitrogens with zero attached hydrogens (tertiary/aromatic N) is 4. The molecule has 0 saturated carbocycles. The molecule has 0 aliphatic carbocycles. The number of methoxy groups -OCH3 is 1. The normalized spacial score (nSPS) is 18.0. The third kappa shape index (κ3) is 5.30. The van der Waals surface area contributed by atoms with E-state index in [4.69, 9.17) is 14.5 Å². The van der Waals surface area contributed by atoms with Crippen molar-refractivity contribution in [2.45, 2.75) is 26.2 Å². The third-order valence-electron chi connectivity index (χ3n) is 4.54. The highest BCUT2D eigenvalue weighted by Gasteiger charge is 2.25. The summed E-state index contributed by atoms with van der Waals surface area (Å²) in [7, 11) is 3.63. The Morgan fingerprint density at radius 2 is 2.11 bits per heavy atom. The van der Waals surface area contributed by atoms with Gasteiger partial charge < -0.3 is 19.7 Å². The molecule has 0 radical (unpaired) electrons. The van der Waals surface area contributed by atoms with E-state index in [1.54, 1.807) is 7.11 Å². The highest BCUT2D eigenvalue weighted by Crippen LogP contribution is 2.21. The second-order valence-corrected chi connectivity index (χ2v) is 6.67. The van der Waals surface area contributed by atoms with Crippen molar-refractivity contribution >= 4 is 5.96 Å². The van der Waals surface area contributed by atoms with Gasteiger partial charge in [-0.1, -0.05) is 24.3 Å². The van der Waals surface area contributed by atoms with Gasteiger partial charge in [-0.25, -0.2) is 4.99 Å². The van der Waals surface area contributed by atoms with Crippen LogP contribution >= 0.6 is 0 Å². The molecule has 1 atom stereocenters. The molecule has 1 aliphatic heterocycles. The highest BCUT2D eigenvalue weighted by atomic mass is 16.5. The molecule has 1 unspecified atom stereocenters. The van der Waals surface area contributed by atoms with E-state index in [-0.39, 0.29) is 6.10 Å². The number of benzene rings is 1. The molecule has 3 rings (SSSR count). The summed E-state index contributed by atoms with van der Waals surface area (Å²) < 4.78 is 12.9. The Hall–Kier alpha value is -2.38. The number of morpholine rings is 1. The van der Waals surface area contributed by atoms with Crippen molar-refractivity contribution in [3.8, 4) is 0 Å². The summed E-state index contributed by atoms with van der Waals surface area (Å²) in [5.41, 5.74) is 3.46. The molecule has 1 aromatic carbocycles. The summed E-state index contributed by atoms with van der Waals surface area (Å²) >= 11 is 0. The fourth-order valence-corrected chi connectivity index (χ4v) is 3.15. The van der Waals surface area contributed by atoms with E-state index in [9.17, 15) is 0 Å². The molecule has 1 aliphatic rings. The maximum absolute atomic E-state index is 5.95. The lowest BCUT2D eigenvalue weighted by Crippen LogP contribution is -2.48. The van der Waals surface area contributed by atoms with Crippen LogP contribution in [-0.2, 0) is 29.7 Å². The number of aryl methyl sites for hydroxylation is 1. The van der Waals surface area contributed by atoms with Gasteiger partial charge in [-0.2, -0.15) is 5.10 Å². The van der Waals surface area contributed by atoms with Crippen LogP contribution in [0.1, 0.15) is 29.7 Å². The summed E-state index contributed by atoms with van der Waals surface area (Å²) in [5.74, 6) is 0.927. The standard InChI is InChI=1S/C20H29N5O2/c1-4-21-20(22-11-16-5-7-17(8-6-16)15-26-3)25-9-10-27-19(14-25)18-12-23-24(2)13-18/h5-8,12-13,19H,4,9-11,14-15H2,1-3H3,(H,21,22). The lowest BCUT2D eigenvalue weighted by molar-refractivity contribution is -0.00805. The predicted molar refractivity (Wildman–Crippen MR) is 105 cm³/mol. The molecule has 1 N–H and O–H groups in total. The van der Waals surface area contributed by atoms with Gasteiger partial charge >= 0.3 is 0 Å². The molecule has 7 nitrogen and oxygen atoms in total. The van der Waals surface area contributed by atoms with Crippen LogP contribution < -0.4 is 5.32 Å². The van der Waals surface area contributed by atoms with Crippen molar-refractivity contribution in [1.29, 1.82) is 0 Å². The van der Waals surface area contributed by atoms with Crippen LogP contribution in [0.2, 0.25) is 0 Å². The van der Waals surface area contributed by atoms with Gasteiger partial charge in [-0.3, -0.25) is 4.68 Å². The van der Waals surface area contributed by atoms with Gasteiger partial charge in [-0.15, -0.1) is 0 Å². The second kappa shape index (κ2) is 9.53. The minimum absolute atomic E-state index is 0.0182. The van der Waals surface area contributed by atoms with E-state index >= 15 is 0 Å². The summed E-state index contributed by atoms with van der Waals surface area (Å²) in [4.78, 5) is 7.11. The van der Waals surface area contributed by atoms with Gasteiger partial charge in [-0.05, 0) is 18.1 Å². The van der Waals surface area contributed by atoms with Gasteiger partial charge in [0.25, 0.3) is 0 Å². The predicted octanol–water partition coefficient (Wildman–Crippen LogP) is 2.11. The first-order valence-corrected chi connectivity index (χ1v) is 9.39. The zero-order valence-corrected chi connectivity index (χ0v) is 16.4. The van der Waals surface area contributed by atoms with Gasteiger partial charge in [0.05, 0.1) is 32.5 Å². The van der Waals surface area contributed by atoms with Crippen LogP contribution in [-0.4, -0.2) is 54.0 Å². The zero-order valence-electron chi connectivity index (χ0n) is 16.4. The molecular formula is C20H29N5O2. The second-order valence-electron chi connectivity index (χ2n) is 6.67. The molecule has 0 bridgehead atoms. The first kappa shape index (κ1) is 19.4. The van der Waals surface area contributed by atoms with E-state index in [0.717, 1.165) is 31.2 Å². The largest absolute Gasteiger partial charge is 0.380 e. The first-order chi connectivity index (χ1) is 13.2. The SMILES string of the molecule is CCNC(=NCc1ccc(COC)cc1)N1CCOC(c2cnn(C)c2)C1. The van der Waals surface area contributed by atoms with E-state index < -0.39 is 0 Å². The Kier molecular flexibility index (Phi) is 6.84. The van der Waals surface area contributed by atoms with Crippen molar-refractivity contribution in [1.82, 2.24) is 20.0 Å². The van der Waals surface area contributed by atoms with Gasteiger partial charge in [0.2, 0.25) is 0 Å². The quantitative estimate of drug-likeness (QED) is 0.622. The Bertz CT molecular complexity index is 741. The topological polar surface area (TPSA) is 63.9 Å². The Morgan fingerprint density at radius 1 is 1.33 bits per heavy atom. The van der Waals surface area contributed by atoms with E-state index in [2.05, 4.69) is 46.5 Å². The van der Waals surface area contributed by atoms with E-state index in [1.165, 1.54) is 11.1 Å². The van der Waals surface area contributed by atoms with Crippen LogP contribution in [0.5, 0.6) is 0 Å². The number of ether oxygens (including phenoxy) is 2. The van der Waals surface area contributed by atoms with Crippen LogP contribution in [0.4, 0.5) is 0 Å². The van der Waals surface area contributed by atoms with Gasteiger partial charge in [0.1, 0.15) is 6.10 Å². The number of hydrogen-bond acceptors (Lipinski definition) is 4. The van der Waals surface area contributed by atoms with Crippen molar-refractivity contribution in [3.63, 3.8) is 0 Å². The molecule has 2 heterocycles. The lowest BCUT2D eigenvalue weighted by atomic mass is 10.1. The Balaban J connectivity index is 1.67. The molecule has 146 valence electrons. The molecular weight excluding hydrogens is 342 g/mol. The number of nitrogens with one attached hydrogen (secondary N) is 1. The zero-order chi connectivity index (χ0) is 19.1. The number of hydrogen-bond donors (Lipinski definition) is 1. The van der Waals surface area contributed by atoms with Gasteiger partial charge in [0, 0.05) is 39.0 Å². The average molecular weight is 371 g/mol. The van der Waals surface area contributed by atoms with Crippen molar-refractivity contribution in [2.24, 2.45) is 12.0 Å². The molecule has 0 amide bonds. The molecule has 1 aromatic heterocycles. The summed E-state index contributed by atoms with van der Waals surface area (Å²) in [6, 6.07) is 8.40. The maximum atomic E-state index is 5.95. The van der Waals surface area contributed by atoms with E-state index in [1.807, 2.05) is 24.1 Å². The number of aliphatic imine (C=N–C) groups is 1. The summed E-state index contributed by atoms with van der Waals surface area (Å²) in [6.45, 7) is 6.48. The summed E-state index contributed by atoms with van der Waals surface area (Å²) in [6.07, 6.45) is 3.91. The lowest BCUT2D eigenvalue weighted by Gasteiger charge is -2.34. The molecule has 2 aromatic rings. The van der Waals surface area contributed by atoms with Gasteiger partial charge in [0.15, 0.2) is 5.96 Å². The van der Waals surface area contributed by atoms with Crippen LogP contribution in [0.15, 0.2) is 41.7 Å². The van der Waals surface area contributed by atoms with E-state index in [0.29, 0.717) is 19.8 Å². The molecule has 27 heavy (non-hydrogen) atoms. The van der Waals surface area contributed by atoms with Crippen molar-refractivity contribution in [2.75, 3.05) is 33.4 Å². The molecule has 1 fully saturated rings. The van der Waals surface area contributed by atoms with Crippen LogP contribution in [0.3, 0.4) is 0 Å². The van der Waals surface area contributed by atoms with Crippen molar-refractivity contribution < 1.29 is 9.47 Å². The minimum atomic E-state index is 0.0182. The maximum Gasteiger partial charge on any atom is 0.194 e. The molecule has 7 heteroatoms. The highest BCUT2D eigenvalue weighted by molar-refractivity contribution is 5.80. The number of aromatic nitrogens is 2. The summed E-state index contributed by atoms with van der Waals surface area (Å²) in [5, 5.41) is 7.67. The Labute approximate surface area is 161 Å². The van der Waals surface area contributed by atoms with Crippen LogP contribution in [0.25, 0.3) is 0 Å². The first-order valence-electron chi connectivity index (χ1n) is 9.39. The fourth-order valence-electron chi connectivity index (χ4n) is 3.15. The minimum Gasteiger partial charge on any atom is -0.380 e. The smallest absolute Gasteiger partial charge is 0.194 e. The average Bonchev–Trinajstić information content (AvgIpc) is 3.13. The monoisotopic (exact) mass is 371 g/mol. The third-order valence-corrected chi connectivity index (χ3v) is 4.54. The Morgan fingerprint density at radius 3 is 2.78 bits per heavy atom.